The average Bonchev–Trinajstić information content (AvgIpc) is 3.20. The number of hydrogen-bond acceptors (Lipinski definition) is 6. The molecule has 0 fully saturated rings. The molecule has 1 aromatic carbocycles. The number of esters is 1. The smallest absolute Gasteiger partial charge is 0.348 e. The topological polar surface area (TPSA) is 88.4 Å². The minimum absolute atomic E-state index is 0.340. The quantitative estimate of drug-likeness (QED) is 0.828. The van der Waals surface area contributed by atoms with Crippen LogP contribution in [0.2, 0.25) is 5.02 Å². The first-order chi connectivity index (χ1) is 12.0. The van der Waals surface area contributed by atoms with Crippen molar-refractivity contribution in [3.8, 4) is 11.8 Å². The molecule has 0 aliphatic carbocycles. The lowest BCUT2D eigenvalue weighted by Crippen LogP contribution is -2.35. The maximum atomic E-state index is 12.2. The predicted molar refractivity (Wildman–Crippen MR) is 92.8 cm³/mol. The molecule has 0 saturated heterocycles. The van der Waals surface area contributed by atoms with Gasteiger partial charge in [0.05, 0.1) is 5.56 Å². The first-order valence-electron chi connectivity index (χ1n) is 7.42. The van der Waals surface area contributed by atoms with E-state index in [1.807, 2.05) is 6.07 Å². The predicted octanol–water partition coefficient (Wildman–Crippen LogP) is 3.15. The second-order valence-corrected chi connectivity index (χ2v) is 6.76. The van der Waals surface area contributed by atoms with Crippen LogP contribution in [-0.4, -0.2) is 24.1 Å². The van der Waals surface area contributed by atoms with Gasteiger partial charge in [0.25, 0.3) is 5.91 Å². The van der Waals surface area contributed by atoms with Gasteiger partial charge in [-0.15, -0.1) is 11.3 Å². The summed E-state index contributed by atoms with van der Waals surface area (Å²) in [5.74, 6) is -0.548. The molecule has 0 bridgehead atoms. The highest BCUT2D eigenvalue weighted by Gasteiger charge is 2.32. The molecular weight excluding hydrogens is 364 g/mol. The van der Waals surface area contributed by atoms with Gasteiger partial charge in [-0.25, -0.2) is 4.79 Å². The molecule has 2 aromatic rings. The molecule has 1 aliphatic rings. The summed E-state index contributed by atoms with van der Waals surface area (Å²) in [5, 5.41) is 14.2. The van der Waals surface area contributed by atoms with Crippen LogP contribution in [0.5, 0.6) is 5.75 Å². The van der Waals surface area contributed by atoms with Crippen molar-refractivity contribution in [1.82, 2.24) is 0 Å². The third-order valence-corrected chi connectivity index (χ3v) is 4.71. The number of rotatable bonds is 4. The summed E-state index contributed by atoms with van der Waals surface area (Å²) in [6.07, 6.45) is -1.48. The highest BCUT2D eigenvalue weighted by molar-refractivity contribution is 7.14. The normalized spacial score (nSPS) is 16.3. The second-order valence-electron chi connectivity index (χ2n) is 5.41. The molecule has 3 rings (SSSR count). The van der Waals surface area contributed by atoms with E-state index in [0.717, 1.165) is 5.56 Å². The average molecular weight is 377 g/mol. The fraction of sp³-hybridized carbons (Fsp3) is 0.235. The van der Waals surface area contributed by atoms with Crippen LogP contribution in [0, 0.1) is 11.3 Å². The number of benzene rings is 1. The van der Waals surface area contributed by atoms with Crippen LogP contribution in [-0.2, 0) is 20.7 Å². The van der Waals surface area contributed by atoms with Crippen LogP contribution in [0.1, 0.15) is 18.1 Å². The highest BCUT2D eigenvalue weighted by atomic mass is 35.5. The molecule has 25 heavy (non-hydrogen) atoms. The lowest BCUT2D eigenvalue weighted by atomic mass is 10.1. The Kier molecular flexibility index (Phi) is 4.93. The fourth-order valence-electron chi connectivity index (χ4n) is 2.36. The maximum Gasteiger partial charge on any atom is 0.348 e. The SMILES string of the molecule is C[C@@H](OC(=O)[C@@H]1Cc2cc(Cl)ccc2O1)C(=O)Nc1sccc1C#N. The minimum Gasteiger partial charge on any atom is -0.478 e. The second kappa shape index (κ2) is 7.13. The summed E-state index contributed by atoms with van der Waals surface area (Å²) >= 11 is 7.15. The molecule has 0 saturated carbocycles. The number of carbonyl (C=O) groups is 2. The van der Waals surface area contributed by atoms with Crippen molar-refractivity contribution in [1.29, 1.82) is 5.26 Å². The van der Waals surface area contributed by atoms with Gasteiger partial charge in [0, 0.05) is 11.4 Å². The zero-order chi connectivity index (χ0) is 18.0. The Bertz CT molecular complexity index is 874. The van der Waals surface area contributed by atoms with E-state index in [2.05, 4.69) is 5.32 Å². The summed E-state index contributed by atoms with van der Waals surface area (Å²) < 4.78 is 10.7. The number of fused-ring (bicyclic) bond motifs is 1. The Labute approximate surface area is 152 Å². The minimum atomic E-state index is -1.02. The summed E-state index contributed by atoms with van der Waals surface area (Å²) in [6, 6.07) is 8.69. The molecule has 8 heteroatoms. The summed E-state index contributed by atoms with van der Waals surface area (Å²) in [6.45, 7) is 1.46. The lowest BCUT2D eigenvalue weighted by Gasteiger charge is -2.15. The van der Waals surface area contributed by atoms with Gasteiger partial charge in [0.1, 0.15) is 16.8 Å². The molecule has 0 spiro atoms. The van der Waals surface area contributed by atoms with Gasteiger partial charge in [-0.2, -0.15) is 5.26 Å². The zero-order valence-corrected chi connectivity index (χ0v) is 14.7. The lowest BCUT2D eigenvalue weighted by molar-refractivity contribution is -0.159. The van der Waals surface area contributed by atoms with Gasteiger partial charge in [-0.1, -0.05) is 11.6 Å². The molecule has 2 heterocycles. The van der Waals surface area contributed by atoms with Crippen molar-refractivity contribution in [3.63, 3.8) is 0 Å². The van der Waals surface area contributed by atoms with Gasteiger partial charge in [-0.3, -0.25) is 4.79 Å². The van der Waals surface area contributed by atoms with Crippen LogP contribution in [0.4, 0.5) is 5.00 Å². The van der Waals surface area contributed by atoms with Gasteiger partial charge in [0.15, 0.2) is 12.2 Å². The molecule has 1 aromatic heterocycles. The molecule has 0 radical (unpaired) electrons. The number of ether oxygens (including phenoxy) is 2. The van der Waals surface area contributed by atoms with E-state index in [1.165, 1.54) is 18.3 Å². The Morgan fingerprint density at radius 1 is 1.48 bits per heavy atom. The van der Waals surface area contributed by atoms with Crippen LogP contribution in [0.25, 0.3) is 0 Å². The number of halogens is 1. The van der Waals surface area contributed by atoms with Gasteiger partial charge >= 0.3 is 5.97 Å². The van der Waals surface area contributed by atoms with E-state index >= 15 is 0 Å². The third-order valence-electron chi connectivity index (χ3n) is 3.64. The monoisotopic (exact) mass is 376 g/mol. The Balaban J connectivity index is 1.58. The Morgan fingerprint density at radius 2 is 2.28 bits per heavy atom. The van der Waals surface area contributed by atoms with Crippen LogP contribution in [0.3, 0.4) is 0 Å². The van der Waals surface area contributed by atoms with Gasteiger partial charge in [-0.05, 0) is 42.1 Å². The maximum absolute atomic E-state index is 12.2. The zero-order valence-electron chi connectivity index (χ0n) is 13.1. The van der Waals surface area contributed by atoms with E-state index < -0.39 is 24.1 Å². The van der Waals surface area contributed by atoms with Crippen LogP contribution >= 0.6 is 22.9 Å². The fourth-order valence-corrected chi connectivity index (χ4v) is 3.29. The molecule has 2 atom stereocenters. The summed E-state index contributed by atoms with van der Waals surface area (Å²) in [7, 11) is 0. The number of nitrogens with zero attached hydrogens (tertiary/aromatic N) is 1. The summed E-state index contributed by atoms with van der Waals surface area (Å²) in [5.41, 5.74) is 1.19. The number of hydrogen-bond donors (Lipinski definition) is 1. The van der Waals surface area contributed by atoms with Crippen molar-refractivity contribution >= 4 is 39.8 Å². The van der Waals surface area contributed by atoms with Gasteiger partial charge < -0.3 is 14.8 Å². The first kappa shape index (κ1) is 17.3. The van der Waals surface area contributed by atoms with E-state index in [-0.39, 0.29) is 0 Å². The largest absolute Gasteiger partial charge is 0.478 e. The standard InChI is InChI=1S/C17H13ClN2O4S/c1-9(15(21)20-16-10(8-19)4-5-25-16)23-17(22)14-7-11-6-12(18)2-3-13(11)24-14/h2-6,9,14H,7H2,1H3,(H,20,21)/t9-,14+/m1/s1. The van der Waals surface area contributed by atoms with E-state index in [1.54, 1.807) is 29.6 Å². The number of thiophene rings is 1. The van der Waals surface area contributed by atoms with Crippen molar-refractivity contribution in [3.05, 3.63) is 45.8 Å². The number of carbonyl (C=O) groups excluding carboxylic acids is 2. The Morgan fingerprint density at radius 3 is 3.04 bits per heavy atom. The van der Waals surface area contributed by atoms with Gasteiger partial charge in [0.2, 0.25) is 0 Å². The number of nitriles is 1. The number of amides is 1. The Hall–Kier alpha value is -2.56. The molecule has 6 nitrogen and oxygen atoms in total. The molecular formula is C17H13ClN2O4S. The first-order valence-corrected chi connectivity index (χ1v) is 8.67. The number of nitrogens with one attached hydrogen (secondary N) is 1. The van der Waals surface area contributed by atoms with Crippen molar-refractivity contribution in [2.75, 3.05) is 5.32 Å². The van der Waals surface area contributed by atoms with Crippen molar-refractivity contribution < 1.29 is 19.1 Å². The van der Waals surface area contributed by atoms with Crippen LogP contribution < -0.4 is 10.1 Å². The van der Waals surface area contributed by atoms with E-state index in [9.17, 15) is 9.59 Å². The third kappa shape index (κ3) is 3.76. The molecule has 128 valence electrons. The van der Waals surface area contributed by atoms with Crippen molar-refractivity contribution in [2.24, 2.45) is 0 Å². The highest BCUT2D eigenvalue weighted by Crippen LogP contribution is 2.31. The van der Waals surface area contributed by atoms with Crippen LogP contribution in [0.15, 0.2) is 29.6 Å². The molecule has 1 aliphatic heterocycles. The molecule has 0 unspecified atom stereocenters. The summed E-state index contributed by atoms with van der Waals surface area (Å²) in [4.78, 5) is 24.4. The molecule has 1 amide bonds. The van der Waals surface area contributed by atoms with E-state index in [0.29, 0.717) is 27.8 Å². The molecule has 1 N–H and O–H groups in total. The van der Waals surface area contributed by atoms with Crippen molar-refractivity contribution in [2.45, 2.75) is 25.6 Å². The number of anilines is 1. The van der Waals surface area contributed by atoms with E-state index in [4.69, 9.17) is 26.3 Å².